The van der Waals surface area contributed by atoms with Crippen LogP contribution in [0.5, 0.6) is 0 Å². The summed E-state index contributed by atoms with van der Waals surface area (Å²) in [6.07, 6.45) is 2.77. The molecule has 0 radical (unpaired) electrons. The van der Waals surface area contributed by atoms with Gasteiger partial charge in [0.05, 0.1) is 22.8 Å². The van der Waals surface area contributed by atoms with Gasteiger partial charge in [0.15, 0.2) is 5.78 Å². The second-order valence-corrected chi connectivity index (χ2v) is 8.60. The number of nitrogens with zero attached hydrogens (tertiary/aromatic N) is 1. The first-order valence-electron chi connectivity index (χ1n) is 10.00. The molecule has 4 nitrogen and oxygen atoms in total. The second-order valence-electron chi connectivity index (χ2n) is 8.60. The number of Topliss-reactive ketones (excluding diaryl/α,β-unsaturated/α-hetero) is 1. The lowest BCUT2D eigenvalue weighted by Crippen LogP contribution is -2.31. The van der Waals surface area contributed by atoms with Gasteiger partial charge in [0.25, 0.3) is 0 Å². The Kier molecular flexibility index (Phi) is 4.06. The Morgan fingerprint density at radius 3 is 2.78 bits per heavy atom. The van der Waals surface area contributed by atoms with Crippen LogP contribution in [0.3, 0.4) is 0 Å². The number of nitrogens with one attached hydrogen (secondary N) is 2. The molecule has 0 saturated heterocycles. The molecule has 1 aliphatic heterocycles. The Balaban J connectivity index is 1.98. The monoisotopic (exact) mass is 363 g/mol. The number of ketones is 1. The fourth-order valence-electron chi connectivity index (χ4n) is 5.07. The van der Waals surface area contributed by atoms with Gasteiger partial charge < -0.3 is 10.6 Å². The van der Waals surface area contributed by atoms with E-state index in [1.54, 1.807) is 6.92 Å². The lowest BCUT2D eigenvalue weighted by Gasteiger charge is -2.35. The molecule has 0 bridgehead atoms. The molecule has 2 N–H and O–H groups in total. The first-order valence-corrected chi connectivity index (χ1v) is 10.00. The number of rotatable bonds is 4. The van der Waals surface area contributed by atoms with Crippen molar-refractivity contribution in [3.05, 3.63) is 52.0 Å². The Morgan fingerprint density at radius 2 is 2.15 bits per heavy atom. The van der Waals surface area contributed by atoms with Crippen LogP contribution in [0.25, 0.3) is 5.70 Å². The summed E-state index contributed by atoms with van der Waals surface area (Å²) in [4.78, 5) is 17.4. The minimum absolute atomic E-state index is 0.0981. The van der Waals surface area contributed by atoms with Crippen molar-refractivity contribution in [3.63, 3.8) is 0 Å². The molecule has 0 amide bonds. The first kappa shape index (κ1) is 18.0. The highest BCUT2D eigenvalue weighted by Gasteiger charge is 2.49. The van der Waals surface area contributed by atoms with E-state index in [1.165, 1.54) is 16.7 Å². The van der Waals surface area contributed by atoms with Crippen molar-refractivity contribution >= 4 is 17.2 Å². The van der Waals surface area contributed by atoms with E-state index >= 15 is 0 Å². The number of anilines is 1. The van der Waals surface area contributed by atoms with Crippen molar-refractivity contribution < 1.29 is 4.79 Å². The van der Waals surface area contributed by atoms with E-state index in [0.717, 1.165) is 59.8 Å². The van der Waals surface area contributed by atoms with Gasteiger partial charge >= 0.3 is 0 Å². The molecule has 1 saturated carbocycles. The van der Waals surface area contributed by atoms with Crippen LogP contribution in [0, 0.1) is 11.3 Å². The maximum absolute atomic E-state index is 12.3. The average Bonchev–Trinajstić information content (AvgIpc) is 2.85. The van der Waals surface area contributed by atoms with E-state index in [2.05, 4.69) is 51.0 Å². The van der Waals surface area contributed by atoms with E-state index in [-0.39, 0.29) is 11.2 Å². The lowest BCUT2D eigenvalue weighted by atomic mass is 9.73. The number of allylic oxidation sites excluding steroid dienone is 3. The number of carbonyl (C=O) groups excluding carboxylic acids is 1. The fourth-order valence-corrected chi connectivity index (χ4v) is 5.07. The van der Waals surface area contributed by atoms with Crippen molar-refractivity contribution in [3.8, 4) is 0 Å². The Labute approximate surface area is 161 Å². The molecule has 142 valence electrons. The molecule has 3 aliphatic rings. The second kappa shape index (κ2) is 6.08. The fraction of sp³-hybridized carbons (Fsp3) is 0.478. The van der Waals surface area contributed by atoms with Gasteiger partial charge in [-0.05, 0) is 67.2 Å². The highest BCUT2D eigenvalue weighted by molar-refractivity contribution is 6.02. The van der Waals surface area contributed by atoms with Gasteiger partial charge in [-0.25, -0.2) is 4.98 Å². The van der Waals surface area contributed by atoms with E-state index in [4.69, 9.17) is 4.98 Å². The molecule has 1 unspecified atom stereocenters. The van der Waals surface area contributed by atoms with Crippen LogP contribution in [0.2, 0.25) is 0 Å². The number of aryl methyl sites for hydroxylation is 1. The summed E-state index contributed by atoms with van der Waals surface area (Å²) < 4.78 is 0. The summed E-state index contributed by atoms with van der Waals surface area (Å²) in [5.74, 6) is 0.495. The highest BCUT2D eigenvalue weighted by Crippen LogP contribution is 2.57. The zero-order valence-corrected chi connectivity index (χ0v) is 17.0. The minimum atomic E-state index is 0.0981. The normalized spacial score (nSPS) is 22.4. The Hall–Kier alpha value is -2.36. The van der Waals surface area contributed by atoms with Crippen molar-refractivity contribution in [2.75, 3.05) is 11.9 Å². The van der Waals surface area contributed by atoms with Crippen LogP contribution >= 0.6 is 0 Å². The summed E-state index contributed by atoms with van der Waals surface area (Å²) in [5, 5.41) is 6.94. The van der Waals surface area contributed by atoms with Crippen LogP contribution in [-0.2, 0) is 17.6 Å². The van der Waals surface area contributed by atoms with Crippen LogP contribution in [0.1, 0.15) is 58.0 Å². The smallest absolute Gasteiger partial charge is 0.162 e. The third-order valence-electron chi connectivity index (χ3n) is 6.29. The highest BCUT2D eigenvalue weighted by atomic mass is 16.1. The molecule has 27 heavy (non-hydrogen) atoms. The van der Waals surface area contributed by atoms with E-state index in [0.29, 0.717) is 5.92 Å². The van der Waals surface area contributed by atoms with Gasteiger partial charge in [0.1, 0.15) is 0 Å². The SMILES string of the molecule is C=C1NC2=C3C(=C1C(C)=O)CC(C)(C)C3Cc1cc(NCC)c(CC)nc12. The summed E-state index contributed by atoms with van der Waals surface area (Å²) in [7, 11) is 0. The lowest BCUT2D eigenvalue weighted by molar-refractivity contribution is -0.113. The number of aromatic nitrogens is 1. The van der Waals surface area contributed by atoms with Crippen molar-refractivity contribution in [2.45, 2.75) is 53.9 Å². The van der Waals surface area contributed by atoms with Gasteiger partial charge in [0.2, 0.25) is 0 Å². The third kappa shape index (κ3) is 2.57. The number of hydrogen-bond acceptors (Lipinski definition) is 4. The van der Waals surface area contributed by atoms with Gasteiger partial charge in [-0.1, -0.05) is 27.4 Å². The van der Waals surface area contributed by atoms with E-state index in [9.17, 15) is 4.79 Å². The number of fused-ring (bicyclic) bond motifs is 2. The van der Waals surface area contributed by atoms with E-state index < -0.39 is 0 Å². The molecule has 4 heteroatoms. The van der Waals surface area contributed by atoms with Crippen LogP contribution in [0.4, 0.5) is 5.69 Å². The summed E-state index contributed by atoms with van der Waals surface area (Å²) >= 11 is 0. The average molecular weight is 364 g/mol. The number of hydrogen-bond donors (Lipinski definition) is 2. The van der Waals surface area contributed by atoms with Gasteiger partial charge in [-0.15, -0.1) is 0 Å². The van der Waals surface area contributed by atoms with Crippen molar-refractivity contribution in [2.24, 2.45) is 11.3 Å². The predicted molar refractivity (Wildman–Crippen MR) is 110 cm³/mol. The Morgan fingerprint density at radius 1 is 1.41 bits per heavy atom. The van der Waals surface area contributed by atoms with Gasteiger partial charge in [0, 0.05) is 17.8 Å². The summed E-state index contributed by atoms with van der Waals surface area (Å²) in [6, 6.07) is 2.29. The van der Waals surface area contributed by atoms with Gasteiger partial charge in [-0.2, -0.15) is 0 Å². The zero-order chi connectivity index (χ0) is 19.5. The number of carbonyl (C=O) groups is 1. The molecular formula is C23H29N3O. The molecule has 1 fully saturated rings. The molecule has 4 rings (SSSR count). The molecular weight excluding hydrogens is 334 g/mol. The molecule has 1 aromatic rings. The standard InChI is InChI=1S/C23H29N3O/c1-7-17-18(24-8-2)10-14-9-16-20-15(11-23(16,5)6)19(13(4)27)12(3)25-22(20)21(14)26-17/h10,16,24-25H,3,7-9,11H2,1-2,4-6H3. The van der Waals surface area contributed by atoms with Crippen LogP contribution < -0.4 is 10.6 Å². The van der Waals surface area contributed by atoms with Gasteiger partial charge in [-0.3, -0.25) is 4.79 Å². The number of dihydropyridines is 1. The van der Waals surface area contributed by atoms with Crippen molar-refractivity contribution in [1.82, 2.24) is 10.3 Å². The van der Waals surface area contributed by atoms with Crippen molar-refractivity contribution in [1.29, 1.82) is 0 Å². The maximum Gasteiger partial charge on any atom is 0.162 e. The number of pyridine rings is 1. The van der Waals surface area contributed by atoms with Crippen LogP contribution in [-0.4, -0.2) is 17.3 Å². The quantitative estimate of drug-likeness (QED) is 0.833. The molecule has 2 aliphatic carbocycles. The third-order valence-corrected chi connectivity index (χ3v) is 6.29. The zero-order valence-electron chi connectivity index (χ0n) is 17.0. The predicted octanol–water partition coefficient (Wildman–Crippen LogP) is 4.39. The van der Waals surface area contributed by atoms with E-state index in [1.807, 2.05) is 0 Å². The molecule has 2 heterocycles. The topological polar surface area (TPSA) is 54.0 Å². The minimum Gasteiger partial charge on any atom is -0.384 e. The maximum atomic E-state index is 12.3. The molecule has 1 atom stereocenters. The Bertz CT molecular complexity index is 933. The summed E-state index contributed by atoms with van der Waals surface area (Å²) in [5.41, 5.74) is 9.75. The largest absolute Gasteiger partial charge is 0.384 e. The molecule has 0 spiro atoms. The van der Waals surface area contributed by atoms with Crippen LogP contribution in [0.15, 0.2) is 35.1 Å². The first-order chi connectivity index (χ1) is 12.8. The molecule has 0 aromatic carbocycles. The summed E-state index contributed by atoms with van der Waals surface area (Å²) in [6.45, 7) is 15.6. The molecule has 1 aromatic heterocycles.